The summed E-state index contributed by atoms with van der Waals surface area (Å²) in [4.78, 5) is 23.3. The summed E-state index contributed by atoms with van der Waals surface area (Å²) < 4.78 is 9.78. The molecule has 5 nitrogen and oxygen atoms in total. The molecule has 1 amide bonds. The second-order valence-electron chi connectivity index (χ2n) is 5.31. The molecule has 0 saturated heterocycles. The number of amides is 1. The first kappa shape index (κ1) is 14.2. The van der Waals surface area contributed by atoms with E-state index in [1.165, 1.54) is 0 Å². The van der Waals surface area contributed by atoms with Crippen LogP contribution in [0.2, 0.25) is 0 Å². The molecule has 98 valence electrons. The number of rotatable bonds is 3. The van der Waals surface area contributed by atoms with Gasteiger partial charge in [-0.15, -0.1) is 0 Å². The number of nitrogens with one attached hydrogen (secondary N) is 1. The van der Waals surface area contributed by atoms with E-state index in [2.05, 4.69) is 9.84 Å². The number of carbonyl (C=O) groups excluding carboxylic acids is 2. The number of carbonyl (C=O) groups is 2. The molecule has 0 radical (unpaired) electrons. The van der Waals surface area contributed by atoms with Crippen LogP contribution in [0.4, 0.5) is 4.79 Å². The van der Waals surface area contributed by atoms with E-state index in [4.69, 9.17) is 4.74 Å². The van der Waals surface area contributed by atoms with Gasteiger partial charge in [0.05, 0.1) is 9.47 Å². The molecule has 1 rings (SSSR count). The highest BCUT2D eigenvalue weighted by molar-refractivity contribution is 7.10. The first-order chi connectivity index (χ1) is 7.75. The first-order valence-corrected chi connectivity index (χ1v) is 6.14. The summed E-state index contributed by atoms with van der Waals surface area (Å²) in [6.45, 7) is 7.30. The Morgan fingerprint density at radius 2 is 2.06 bits per heavy atom. The second kappa shape index (κ2) is 4.81. The molecular formula is C11H20NO4P. The van der Waals surface area contributed by atoms with Crippen LogP contribution in [-0.2, 0) is 14.1 Å². The third kappa shape index (κ3) is 3.32. The quantitative estimate of drug-likeness (QED) is 0.789. The third-order valence-corrected chi connectivity index (χ3v) is 3.01. The van der Waals surface area contributed by atoms with Gasteiger partial charge in [0, 0.05) is 0 Å². The Morgan fingerprint density at radius 1 is 1.47 bits per heavy atom. The summed E-state index contributed by atoms with van der Waals surface area (Å²) in [6, 6.07) is 0. The number of alkyl carbamates (subject to hydrolysis) is 1. The molecule has 0 spiro atoms. The lowest BCUT2D eigenvalue weighted by atomic mass is 10.1. The molecule has 17 heavy (non-hydrogen) atoms. The maximum Gasteiger partial charge on any atom is 0.408 e. The molecule has 1 fully saturated rings. The van der Waals surface area contributed by atoms with E-state index in [0.29, 0.717) is 6.42 Å². The van der Waals surface area contributed by atoms with Crippen LogP contribution >= 0.6 is 9.47 Å². The van der Waals surface area contributed by atoms with E-state index >= 15 is 0 Å². The second-order valence-corrected chi connectivity index (χ2v) is 5.55. The molecule has 1 saturated carbocycles. The summed E-state index contributed by atoms with van der Waals surface area (Å²) in [5.74, 6) is -0.303. The van der Waals surface area contributed by atoms with Gasteiger partial charge in [-0.2, -0.15) is 0 Å². The van der Waals surface area contributed by atoms with Gasteiger partial charge in [-0.25, -0.2) is 9.59 Å². The minimum atomic E-state index is -0.890. The lowest BCUT2D eigenvalue weighted by molar-refractivity contribution is -0.137. The number of hydrogen-bond donors (Lipinski definition) is 1. The molecule has 0 heterocycles. The lowest BCUT2D eigenvalue weighted by Gasteiger charge is -2.23. The molecule has 0 aliphatic heterocycles. The van der Waals surface area contributed by atoms with Crippen LogP contribution in [0.1, 0.15) is 40.5 Å². The van der Waals surface area contributed by atoms with Gasteiger partial charge < -0.3 is 14.6 Å². The van der Waals surface area contributed by atoms with Crippen molar-refractivity contribution in [3.05, 3.63) is 0 Å². The highest BCUT2D eigenvalue weighted by Crippen LogP contribution is 2.47. The van der Waals surface area contributed by atoms with Crippen LogP contribution < -0.4 is 5.32 Å². The predicted molar refractivity (Wildman–Crippen MR) is 66.3 cm³/mol. The van der Waals surface area contributed by atoms with Gasteiger partial charge in [-0.3, -0.25) is 0 Å². The summed E-state index contributed by atoms with van der Waals surface area (Å²) in [5, 5.41) is 2.63. The number of hydrogen-bond acceptors (Lipinski definition) is 4. The molecular weight excluding hydrogens is 241 g/mol. The highest BCUT2D eigenvalue weighted by atomic mass is 31.0. The Morgan fingerprint density at radius 3 is 2.41 bits per heavy atom. The topological polar surface area (TPSA) is 64.6 Å². The van der Waals surface area contributed by atoms with Crippen LogP contribution in [0.3, 0.4) is 0 Å². The fourth-order valence-corrected chi connectivity index (χ4v) is 2.08. The number of ether oxygens (including phenoxy) is 1. The fraction of sp³-hybridized carbons (Fsp3) is 0.818. The van der Waals surface area contributed by atoms with Crippen molar-refractivity contribution in [3.8, 4) is 0 Å². The molecule has 1 N–H and O–H groups in total. The standard InChI is InChI=1S/C11H20NO4P/c1-5-7-6-11(7,8(13)16-17)12-9(14)15-10(2,3)4/h7H,5-6,17H2,1-4H3,(H,12,14)/t7?,11-/m1/s1. The van der Waals surface area contributed by atoms with Crippen LogP contribution in [0.15, 0.2) is 0 Å². The average molecular weight is 261 g/mol. The van der Waals surface area contributed by atoms with Gasteiger partial charge in [0.15, 0.2) is 0 Å². The van der Waals surface area contributed by atoms with E-state index in [9.17, 15) is 9.59 Å². The van der Waals surface area contributed by atoms with Crippen molar-refractivity contribution < 1.29 is 18.8 Å². The third-order valence-electron chi connectivity index (χ3n) is 2.79. The van der Waals surface area contributed by atoms with Gasteiger partial charge in [-0.05, 0) is 33.1 Å². The Kier molecular flexibility index (Phi) is 4.03. The molecule has 3 atom stereocenters. The summed E-state index contributed by atoms with van der Waals surface area (Å²) in [5.41, 5.74) is -1.47. The summed E-state index contributed by atoms with van der Waals surface area (Å²) in [6.07, 6.45) is 0.842. The van der Waals surface area contributed by atoms with E-state index in [1.54, 1.807) is 20.8 Å². The van der Waals surface area contributed by atoms with Crippen molar-refractivity contribution >= 4 is 21.5 Å². The molecule has 0 aromatic carbocycles. The SMILES string of the molecule is CCC1C[C@]1(NC(=O)OC(C)(C)C)C(=O)OP. The Labute approximate surface area is 104 Å². The van der Waals surface area contributed by atoms with E-state index in [-0.39, 0.29) is 5.92 Å². The lowest BCUT2D eigenvalue weighted by Crippen LogP contribution is -2.47. The Bertz CT molecular complexity index is 326. The van der Waals surface area contributed by atoms with Gasteiger partial charge in [0.25, 0.3) is 0 Å². The van der Waals surface area contributed by atoms with Gasteiger partial charge >= 0.3 is 12.1 Å². The molecule has 0 bridgehead atoms. The van der Waals surface area contributed by atoms with E-state index in [1.807, 2.05) is 16.4 Å². The Hall–Kier alpha value is -0.830. The molecule has 0 aromatic heterocycles. The van der Waals surface area contributed by atoms with Crippen LogP contribution in [-0.4, -0.2) is 23.2 Å². The van der Waals surface area contributed by atoms with Crippen molar-refractivity contribution in [1.29, 1.82) is 0 Å². The summed E-state index contributed by atoms with van der Waals surface area (Å²) >= 11 is 0. The first-order valence-electron chi connectivity index (χ1n) is 5.67. The molecule has 2 unspecified atom stereocenters. The van der Waals surface area contributed by atoms with Crippen molar-refractivity contribution in [2.75, 3.05) is 0 Å². The minimum Gasteiger partial charge on any atom is -0.450 e. The zero-order valence-electron chi connectivity index (χ0n) is 10.7. The summed E-state index contributed by atoms with van der Waals surface area (Å²) in [7, 11) is 1.92. The molecule has 1 aliphatic carbocycles. The van der Waals surface area contributed by atoms with E-state index in [0.717, 1.165) is 6.42 Å². The van der Waals surface area contributed by atoms with Gasteiger partial charge in [0.2, 0.25) is 0 Å². The molecule has 1 aliphatic rings. The maximum atomic E-state index is 11.7. The van der Waals surface area contributed by atoms with Crippen LogP contribution in [0.5, 0.6) is 0 Å². The smallest absolute Gasteiger partial charge is 0.408 e. The van der Waals surface area contributed by atoms with Gasteiger partial charge in [-0.1, -0.05) is 13.3 Å². The normalized spacial score (nSPS) is 27.2. The van der Waals surface area contributed by atoms with Crippen molar-refractivity contribution in [2.24, 2.45) is 5.92 Å². The van der Waals surface area contributed by atoms with Crippen molar-refractivity contribution in [3.63, 3.8) is 0 Å². The van der Waals surface area contributed by atoms with Crippen LogP contribution in [0, 0.1) is 5.92 Å². The largest absolute Gasteiger partial charge is 0.450 e. The molecule has 0 aromatic rings. The highest BCUT2D eigenvalue weighted by Gasteiger charge is 2.61. The maximum absolute atomic E-state index is 11.7. The van der Waals surface area contributed by atoms with Crippen molar-refractivity contribution in [1.82, 2.24) is 5.32 Å². The Balaban J connectivity index is 2.64. The monoisotopic (exact) mass is 261 g/mol. The van der Waals surface area contributed by atoms with Crippen LogP contribution in [0.25, 0.3) is 0 Å². The molecule has 6 heteroatoms. The van der Waals surface area contributed by atoms with Gasteiger partial charge in [0.1, 0.15) is 11.1 Å². The predicted octanol–water partition coefficient (Wildman–Crippen LogP) is 2.01. The zero-order valence-corrected chi connectivity index (χ0v) is 11.9. The minimum absolute atomic E-state index is 0.128. The fourth-order valence-electron chi connectivity index (χ4n) is 1.87. The zero-order chi connectivity index (χ0) is 13.3. The van der Waals surface area contributed by atoms with E-state index < -0.39 is 23.2 Å². The van der Waals surface area contributed by atoms with Crippen molar-refractivity contribution in [2.45, 2.75) is 51.7 Å². The average Bonchev–Trinajstić information content (AvgIpc) is 2.88.